The molecule has 0 saturated carbocycles. The van der Waals surface area contributed by atoms with Crippen molar-refractivity contribution in [1.82, 2.24) is 19.9 Å². The molecule has 2 heterocycles. The highest BCUT2D eigenvalue weighted by Crippen LogP contribution is 2.30. The van der Waals surface area contributed by atoms with Crippen LogP contribution in [-0.4, -0.2) is 31.2 Å². The predicted molar refractivity (Wildman–Crippen MR) is 138 cm³/mol. The molecular weight excluding hydrogens is 483 g/mol. The van der Waals surface area contributed by atoms with Crippen molar-refractivity contribution in [2.75, 3.05) is 0 Å². The molecule has 2 aromatic carbocycles. The summed E-state index contributed by atoms with van der Waals surface area (Å²) in [4.78, 5) is 29.5. The van der Waals surface area contributed by atoms with E-state index < -0.39 is 28.9 Å². The third-order valence-electron chi connectivity index (χ3n) is 6.13. The fourth-order valence-corrected chi connectivity index (χ4v) is 4.46. The third kappa shape index (κ3) is 4.92. The molecule has 4 aromatic rings. The number of aromatic nitrogens is 3. The number of H-pyrrole nitrogens is 1. The summed E-state index contributed by atoms with van der Waals surface area (Å²) in [6, 6.07) is 10.1. The van der Waals surface area contributed by atoms with Gasteiger partial charge in [-0.25, -0.2) is 8.91 Å². The van der Waals surface area contributed by atoms with Crippen molar-refractivity contribution in [3.05, 3.63) is 92.1 Å². The Kier molecular flexibility index (Phi) is 6.77. The van der Waals surface area contributed by atoms with Crippen LogP contribution in [0.3, 0.4) is 0 Å². The number of benzene rings is 2. The minimum atomic E-state index is -1.35. The van der Waals surface area contributed by atoms with Gasteiger partial charge in [-0.3, -0.25) is 9.59 Å². The number of hydrogen-bond donors (Lipinski definition) is 3. The number of rotatable bonds is 6. The number of carbonyl (C=O) groups excluding carboxylic acids is 1. The number of aryl methyl sites for hydroxylation is 1. The number of nitrogens with zero attached hydrogens (tertiary/aromatic N) is 2. The molecule has 1 atom stereocenters. The molecule has 4 rings (SSSR count). The Morgan fingerprint density at radius 3 is 2.44 bits per heavy atom. The quantitative estimate of drug-likeness (QED) is 0.334. The van der Waals surface area contributed by atoms with Gasteiger partial charge >= 0.3 is 0 Å². The van der Waals surface area contributed by atoms with Gasteiger partial charge in [-0.2, -0.15) is 0 Å². The summed E-state index contributed by atoms with van der Waals surface area (Å²) < 4.78 is 14.9. The van der Waals surface area contributed by atoms with Crippen LogP contribution >= 0.6 is 11.6 Å². The molecule has 0 aliphatic rings. The first-order chi connectivity index (χ1) is 16.9. The Balaban J connectivity index is 1.80. The van der Waals surface area contributed by atoms with Crippen LogP contribution in [0.5, 0.6) is 0 Å². The summed E-state index contributed by atoms with van der Waals surface area (Å²) in [6.07, 6.45) is 1.51. The zero-order chi connectivity index (χ0) is 26.4. The first-order valence-corrected chi connectivity index (χ1v) is 12.0. The highest BCUT2D eigenvalue weighted by Gasteiger charge is 2.32. The van der Waals surface area contributed by atoms with Gasteiger partial charge in [-0.05, 0) is 56.0 Å². The molecule has 0 bridgehead atoms. The number of fused-ring (bicyclic) bond motifs is 1. The van der Waals surface area contributed by atoms with Crippen molar-refractivity contribution in [1.29, 1.82) is 0 Å². The van der Waals surface area contributed by atoms with E-state index >= 15 is 0 Å². The minimum Gasteiger partial charge on any atom is -0.388 e. The van der Waals surface area contributed by atoms with E-state index in [4.69, 9.17) is 11.6 Å². The zero-order valence-corrected chi connectivity index (χ0v) is 21.4. The minimum absolute atomic E-state index is 0.176. The van der Waals surface area contributed by atoms with Crippen molar-refractivity contribution in [2.24, 2.45) is 0 Å². The molecule has 0 aliphatic heterocycles. The van der Waals surface area contributed by atoms with Crippen LogP contribution in [0.1, 0.15) is 66.7 Å². The summed E-state index contributed by atoms with van der Waals surface area (Å²) in [5, 5.41) is 18.7. The average molecular weight is 511 g/mol. The average Bonchev–Trinajstić information content (AvgIpc) is 3.20. The first kappa shape index (κ1) is 25.6. The van der Waals surface area contributed by atoms with Crippen LogP contribution < -0.4 is 10.9 Å². The molecule has 0 aliphatic carbocycles. The lowest BCUT2D eigenvalue weighted by atomic mass is 9.91. The maximum absolute atomic E-state index is 13.5. The molecule has 0 saturated heterocycles. The fourth-order valence-electron chi connectivity index (χ4n) is 4.28. The summed E-state index contributed by atoms with van der Waals surface area (Å²) in [6.45, 7) is 8.77. The molecule has 9 heteroatoms. The van der Waals surface area contributed by atoms with Gasteiger partial charge in [-0.1, -0.05) is 49.7 Å². The fraction of sp³-hybridized carbons (Fsp3) is 0.296. The third-order valence-corrected chi connectivity index (χ3v) is 6.54. The molecule has 1 unspecified atom stereocenters. The van der Waals surface area contributed by atoms with Gasteiger partial charge in [0.05, 0.1) is 17.2 Å². The van der Waals surface area contributed by atoms with Crippen molar-refractivity contribution in [3.63, 3.8) is 0 Å². The molecule has 0 spiro atoms. The summed E-state index contributed by atoms with van der Waals surface area (Å²) in [5.74, 6) is -0.770. The van der Waals surface area contributed by atoms with E-state index in [-0.39, 0.29) is 17.0 Å². The molecule has 188 valence electrons. The summed E-state index contributed by atoms with van der Waals surface area (Å²) >= 11 is 6.26. The molecule has 2 aromatic heterocycles. The molecule has 0 fully saturated rings. The van der Waals surface area contributed by atoms with E-state index in [1.165, 1.54) is 35.0 Å². The standard InChI is InChI=1S/C27H28ClFN4O3/c1-14(2)21-19(25(34)30-23(27(4,5)36)16-8-10-18(29)11-9-16)13-33-22(21)26(35)31-24(32-33)17-7-6-15(3)20(28)12-17/h6-14,23,36H,1-5H3,(H,30,34)(H,31,32,35). The number of halogens is 2. The van der Waals surface area contributed by atoms with E-state index in [1.807, 2.05) is 32.9 Å². The van der Waals surface area contributed by atoms with Crippen molar-refractivity contribution in [3.8, 4) is 11.4 Å². The van der Waals surface area contributed by atoms with Gasteiger partial charge in [0, 0.05) is 22.3 Å². The van der Waals surface area contributed by atoms with Crippen LogP contribution in [0.4, 0.5) is 4.39 Å². The summed E-state index contributed by atoms with van der Waals surface area (Å²) in [7, 11) is 0. The normalized spacial score (nSPS) is 12.8. The SMILES string of the molecule is Cc1ccc(-c2nn3cc(C(=O)NC(c4ccc(F)cc4)C(C)(C)O)c(C(C)C)c3c(=O)[nH]2)cc1Cl. The lowest BCUT2D eigenvalue weighted by Gasteiger charge is -2.30. The van der Waals surface area contributed by atoms with E-state index in [0.29, 0.717) is 27.5 Å². The van der Waals surface area contributed by atoms with Gasteiger partial charge in [-0.15, -0.1) is 5.10 Å². The van der Waals surface area contributed by atoms with E-state index in [9.17, 15) is 19.1 Å². The molecular formula is C27H28ClFN4O3. The number of hydrogen-bond acceptors (Lipinski definition) is 4. The molecule has 0 radical (unpaired) electrons. The highest BCUT2D eigenvalue weighted by atomic mass is 35.5. The Hall–Kier alpha value is -3.49. The van der Waals surface area contributed by atoms with Crippen LogP contribution in [-0.2, 0) is 0 Å². The van der Waals surface area contributed by atoms with Gasteiger partial charge in [0.15, 0.2) is 5.82 Å². The summed E-state index contributed by atoms with van der Waals surface area (Å²) in [5.41, 5.74) is 1.39. The number of amides is 1. The van der Waals surface area contributed by atoms with E-state index in [2.05, 4.69) is 15.4 Å². The largest absolute Gasteiger partial charge is 0.388 e. The number of nitrogens with one attached hydrogen (secondary N) is 2. The molecule has 36 heavy (non-hydrogen) atoms. The predicted octanol–water partition coefficient (Wildman–Crippen LogP) is 5.16. The second kappa shape index (κ2) is 9.52. The van der Waals surface area contributed by atoms with E-state index in [0.717, 1.165) is 5.56 Å². The Morgan fingerprint density at radius 2 is 1.86 bits per heavy atom. The van der Waals surface area contributed by atoms with Gasteiger partial charge < -0.3 is 15.4 Å². The maximum Gasteiger partial charge on any atom is 0.275 e. The molecule has 3 N–H and O–H groups in total. The van der Waals surface area contributed by atoms with E-state index in [1.54, 1.807) is 19.9 Å². The zero-order valence-electron chi connectivity index (χ0n) is 20.7. The lowest BCUT2D eigenvalue weighted by Crippen LogP contribution is -2.42. The Labute approximate surface area is 212 Å². The van der Waals surface area contributed by atoms with Crippen LogP contribution in [0.15, 0.2) is 53.5 Å². The van der Waals surface area contributed by atoms with Crippen LogP contribution in [0.25, 0.3) is 16.9 Å². The lowest BCUT2D eigenvalue weighted by molar-refractivity contribution is 0.0343. The molecule has 7 nitrogen and oxygen atoms in total. The topological polar surface area (TPSA) is 99.5 Å². The van der Waals surface area contributed by atoms with Gasteiger partial charge in [0.25, 0.3) is 11.5 Å². The second-order valence-corrected chi connectivity index (χ2v) is 10.2. The van der Waals surface area contributed by atoms with Gasteiger partial charge in [0.1, 0.15) is 11.3 Å². The second-order valence-electron chi connectivity index (χ2n) is 9.78. The highest BCUT2D eigenvalue weighted by molar-refractivity contribution is 6.31. The molecule has 1 amide bonds. The van der Waals surface area contributed by atoms with Crippen molar-refractivity contribution in [2.45, 2.75) is 52.2 Å². The monoisotopic (exact) mass is 510 g/mol. The van der Waals surface area contributed by atoms with Crippen molar-refractivity contribution < 1.29 is 14.3 Å². The van der Waals surface area contributed by atoms with Gasteiger partial charge in [0.2, 0.25) is 0 Å². The number of aliphatic hydroxyl groups is 1. The Morgan fingerprint density at radius 1 is 1.19 bits per heavy atom. The Bertz CT molecular complexity index is 1500. The van der Waals surface area contributed by atoms with Crippen molar-refractivity contribution >= 4 is 23.0 Å². The number of carbonyl (C=O) groups is 1. The smallest absolute Gasteiger partial charge is 0.275 e. The van der Waals surface area contributed by atoms with Crippen LogP contribution in [0, 0.1) is 12.7 Å². The first-order valence-electron chi connectivity index (χ1n) is 11.6. The van der Waals surface area contributed by atoms with Crippen LogP contribution in [0.2, 0.25) is 5.02 Å². The number of aromatic amines is 1. The maximum atomic E-state index is 13.5.